The monoisotopic (exact) mass is 950 g/mol. The van der Waals surface area contributed by atoms with Crippen LogP contribution in [0.5, 0.6) is 0 Å². The molecule has 0 aromatic heterocycles. The molecule has 13 aromatic rings. The minimum atomic E-state index is -0.541. The van der Waals surface area contributed by atoms with Crippen molar-refractivity contribution in [2.45, 2.75) is 5.41 Å². The predicted octanol–water partition coefficient (Wildman–Crippen LogP) is 20.0. The van der Waals surface area contributed by atoms with E-state index in [2.05, 4.69) is 303 Å². The van der Waals surface area contributed by atoms with Crippen molar-refractivity contribution in [3.63, 3.8) is 0 Å². The Labute approximate surface area is 439 Å². The molecule has 0 spiro atoms. The molecule has 14 rings (SSSR count). The van der Waals surface area contributed by atoms with Crippen LogP contribution in [-0.2, 0) is 5.41 Å². The maximum absolute atomic E-state index is 2.46. The van der Waals surface area contributed by atoms with Crippen LogP contribution in [-0.4, -0.2) is 0 Å². The molecule has 0 unspecified atom stereocenters. The van der Waals surface area contributed by atoms with Crippen LogP contribution in [0.4, 0.5) is 0 Å². The summed E-state index contributed by atoms with van der Waals surface area (Å²) in [5, 5.41) is 4.91. The highest BCUT2D eigenvalue weighted by molar-refractivity contribution is 6.24. The van der Waals surface area contributed by atoms with Crippen LogP contribution in [0, 0.1) is 0 Å². The quantitative estimate of drug-likeness (QED) is 0.127. The molecule has 0 radical (unpaired) electrons. The molecule has 0 aliphatic heterocycles. The van der Waals surface area contributed by atoms with Crippen LogP contribution >= 0.6 is 0 Å². The fourth-order valence-corrected chi connectivity index (χ4v) is 12.5. The summed E-state index contributed by atoms with van der Waals surface area (Å²) in [4.78, 5) is 0. The third-order valence-corrected chi connectivity index (χ3v) is 15.8. The van der Waals surface area contributed by atoms with Gasteiger partial charge in [0.05, 0.1) is 5.41 Å². The molecule has 1 aliphatic carbocycles. The predicted molar refractivity (Wildman–Crippen MR) is 317 cm³/mol. The number of fused-ring (bicyclic) bond motifs is 5. The first-order valence-electron chi connectivity index (χ1n) is 26.1. The summed E-state index contributed by atoms with van der Waals surface area (Å²) < 4.78 is 0. The van der Waals surface area contributed by atoms with Gasteiger partial charge in [-0.1, -0.05) is 297 Å². The van der Waals surface area contributed by atoms with E-state index in [0.717, 1.165) is 0 Å². The summed E-state index contributed by atoms with van der Waals surface area (Å²) in [6.07, 6.45) is 0. The van der Waals surface area contributed by atoms with Gasteiger partial charge in [-0.2, -0.15) is 0 Å². The van der Waals surface area contributed by atoms with E-state index in [0.29, 0.717) is 0 Å². The van der Waals surface area contributed by atoms with Crippen molar-refractivity contribution >= 4 is 21.5 Å². The fourth-order valence-electron chi connectivity index (χ4n) is 12.5. The van der Waals surface area contributed by atoms with E-state index >= 15 is 0 Å². The zero-order valence-electron chi connectivity index (χ0n) is 41.4. The lowest BCUT2D eigenvalue weighted by atomic mass is 9.67. The van der Waals surface area contributed by atoms with Crippen LogP contribution in [0.25, 0.3) is 111 Å². The summed E-state index contributed by atoms with van der Waals surface area (Å²) >= 11 is 0. The van der Waals surface area contributed by atoms with Gasteiger partial charge in [-0.05, 0) is 139 Å². The SMILES string of the molecule is c1ccc(-c2ccccc2-c2ccc(C3(c4ccc(-c5ccc6c(-c7ccccc7-c7ccccc7)c7ccccc7c(-c7ccccc7-c7ccccc7)c6c5)cc4)c4ccccc4-c4ccccc43)cc2)cc1. The largest absolute Gasteiger partial charge is 0.0713 e. The van der Waals surface area contributed by atoms with E-state index in [9.17, 15) is 0 Å². The zero-order chi connectivity index (χ0) is 49.7. The highest BCUT2D eigenvalue weighted by Crippen LogP contribution is 2.57. The van der Waals surface area contributed by atoms with Crippen LogP contribution in [0.2, 0.25) is 0 Å². The normalized spacial score (nSPS) is 12.4. The van der Waals surface area contributed by atoms with Gasteiger partial charge in [-0.25, -0.2) is 0 Å². The van der Waals surface area contributed by atoms with Gasteiger partial charge in [0.2, 0.25) is 0 Å². The summed E-state index contributed by atoms with van der Waals surface area (Å²) in [5.41, 5.74) is 24.1. The van der Waals surface area contributed by atoms with Crippen molar-refractivity contribution in [2.75, 3.05) is 0 Å². The lowest BCUT2D eigenvalue weighted by molar-refractivity contribution is 0.769. The van der Waals surface area contributed by atoms with Gasteiger partial charge in [0.15, 0.2) is 0 Å². The second-order valence-corrected chi connectivity index (χ2v) is 19.8. The number of benzene rings is 13. The maximum Gasteiger partial charge on any atom is 0.0713 e. The lowest BCUT2D eigenvalue weighted by Gasteiger charge is -2.34. The Morgan fingerprint density at radius 3 is 0.907 bits per heavy atom. The van der Waals surface area contributed by atoms with E-state index in [1.165, 1.54) is 133 Å². The summed E-state index contributed by atoms with van der Waals surface area (Å²) in [5.74, 6) is 0. The molecule has 0 heteroatoms. The Balaban J connectivity index is 0.966. The maximum atomic E-state index is 2.46. The molecular formula is C75H50. The van der Waals surface area contributed by atoms with Gasteiger partial charge in [0.25, 0.3) is 0 Å². The van der Waals surface area contributed by atoms with E-state index < -0.39 is 5.41 Å². The standard InChI is InChI=1S/C75H50/c1-4-22-52(23-5-1)59-28-10-11-29-60(59)55-42-47-58(48-43-55)75(71-38-20-18-32-63(71)64-33-19-21-39-72(64)75)57-45-40-51(41-46-57)56-44-49-69-70(50-56)74(66-35-15-13-31-62(66)54-26-8-3-9-27-54)68-37-17-16-36-67(68)73(69)65-34-14-12-30-61(65)53-24-6-2-7-25-53/h1-50H. The molecule has 0 saturated heterocycles. The van der Waals surface area contributed by atoms with Gasteiger partial charge in [-0.15, -0.1) is 0 Å². The van der Waals surface area contributed by atoms with Crippen LogP contribution in [0.3, 0.4) is 0 Å². The lowest BCUT2D eigenvalue weighted by Crippen LogP contribution is -2.28. The summed E-state index contributed by atoms with van der Waals surface area (Å²) in [6.45, 7) is 0. The number of hydrogen-bond acceptors (Lipinski definition) is 0. The second kappa shape index (κ2) is 18.5. The average Bonchev–Trinajstić information content (AvgIpc) is 3.85. The first-order chi connectivity index (χ1) is 37.2. The highest BCUT2D eigenvalue weighted by Gasteiger charge is 2.46. The molecular weight excluding hydrogens is 901 g/mol. The fraction of sp³-hybridized carbons (Fsp3) is 0.0133. The number of hydrogen-bond donors (Lipinski definition) is 0. The Bertz CT molecular complexity index is 4200. The van der Waals surface area contributed by atoms with Crippen LogP contribution < -0.4 is 0 Å². The van der Waals surface area contributed by atoms with E-state index in [-0.39, 0.29) is 0 Å². The molecule has 0 heterocycles. The van der Waals surface area contributed by atoms with Gasteiger partial charge >= 0.3 is 0 Å². The first kappa shape index (κ1) is 44.1. The van der Waals surface area contributed by atoms with Gasteiger partial charge < -0.3 is 0 Å². The molecule has 75 heavy (non-hydrogen) atoms. The van der Waals surface area contributed by atoms with Crippen molar-refractivity contribution in [1.29, 1.82) is 0 Å². The Morgan fingerprint density at radius 2 is 0.467 bits per heavy atom. The molecule has 350 valence electrons. The Hall–Kier alpha value is -9.62. The van der Waals surface area contributed by atoms with E-state index in [4.69, 9.17) is 0 Å². The molecule has 0 N–H and O–H groups in total. The van der Waals surface area contributed by atoms with E-state index in [1.807, 2.05) is 0 Å². The van der Waals surface area contributed by atoms with Crippen molar-refractivity contribution in [3.05, 3.63) is 326 Å². The van der Waals surface area contributed by atoms with Crippen molar-refractivity contribution in [3.8, 4) is 89.0 Å². The second-order valence-electron chi connectivity index (χ2n) is 19.8. The Morgan fingerprint density at radius 1 is 0.173 bits per heavy atom. The molecule has 0 fully saturated rings. The third-order valence-electron chi connectivity index (χ3n) is 15.8. The first-order valence-corrected chi connectivity index (χ1v) is 26.1. The minimum Gasteiger partial charge on any atom is -0.0622 e. The van der Waals surface area contributed by atoms with Crippen molar-refractivity contribution in [1.82, 2.24) is 0 Å². The average molecular weight is 951 g/mol. The van der Waals surface area contributed by atoms with Gasteiger partial charge in [0.1, 0.15) is 0 Å². The number of rotatable bonds is 9. The third kappa shape index (κ3) is 7.29. The van der Waals surface area contributed by atoms with Gasteiger partial charge in [0, 0.05) is 0 Å². The molecule has 0 amide bonds. The molecule has 0 nitrogen and oxygen atoms in total. The van der Waals surface area contributed by atoms with Gasteiger partial charge in [-0.3, -0.25) is 0 Å². The van der Waals surface area contributed by atoms with Crippen molar-refractivity contribution in [2.24, 2.45) is 0 Å². The van der Waals surface area contributed by atoms with E-state index in [1.54, 1.807) is 0 Å². The summed E-state index contributed by atoms with van der Waals surface area (Å²) in [7, 11) is 0. The molecule has 0 bridgehead atoms. The minimum absolute atomic E-state index is 0.541. The topological polar surface area (TPSA) is 0 Å². The summed E-state index contributed by atoms with van der Waals surface area (Å²) in [6, 6.07) is 112. The molecule has 1 aliphatic rings. The zero-order valence-corrected chi connectivity index (χ0v) is 41.4. The molecule has 0 atom stereocenters. The molecule has 0 saturated carbocycles. The smallest absolute Gasteiger partial charge is 0.0622 e. The van der Waals surface area contributed by atoms with Crippen molar-refractivity contribution < 1.29 is 0 Å². The highest BCUT2D eigenvalue weighted by atomic mass is 14.5. The Kier molecular flexibility index (Phi) is 10.9. The molecule has 13 aromatic carbocycles. The van der Waals surface area contributed by atoms with Crippen LogP contribution in [0.15, 0.2) is 303 Å². The van der Waals surface area contributed by atoms with Crippen LogP contribution in [0.1, 0.15) is 22.3 Å².